The molecule has 0 spiro atoms. The zero-order valence-electron chi connectivity index (χ0n) is 17.0. The molecule has 4 rings (SSSR count). The molecule has 1 unspecified atom stereocenters. The minimum absolute atomic E-state index is 0.0950. The molecule has 1 N–H and O–H groups in total. The van der Waals surface area contributed by atoms with E-state index in [1.807, 2.05) is 39.0 Å². The second kappa shape index (κ2) is 8.31. The van der Waals surface area contributed by atoms with Crippen molar-refractivity contribution >= 4 is 23.3 Å². The van der Waals surface area contributed by atoms with E-state index < -0.39 is 0 Å². The molecule has 1 aliphatic rings. The quantitative estimate of drug-likeness (QED) is 0.641. The van der Waals surface area contributed by atoms with Gasteiger partial charge in [0.15, 0.2) is 22.5 Å². The molecule has 2 aromatic heterocycles. The largest absolute Gasteiger partial charge is 0.490 e. The molecule has 8 nitrogen and oxygen atoms in total. The number of rotatable bonds is 6. The number of amides is 1. The number of nitrogens with zero attached hydrogens (tertiary/aromatic N) is 4. The Labute approximate surface area is 179 Å². The summed E-state index contributed by atoms with van der Waals surface area (Å²) in [5, 5.41) is 15.8. The molecule has 0 saturated carbocycles. The molecule has 156 valence electrons. The summed E-state index contributed by atoms with van der Waals surface area (Å²) in [6, 6.07) is 9.15. The molecule has 1 aromatic carbocycles. The summed E-state index contributed by atoms with van der Waals surface area (Å²) in [6.45, 7) is 6.84. The Kier molecular flexibility index (Phi) is 5.59. The molecule has 0 bridgehead atoms. The molecule has 0 aliphatic carbocycles. The summed E-state index contributed by atoms with van der Waals surface area (Å²) in [7, 11) is 0. The van der Waals surface area contributed by atoms with Gasteiger partial charge in [0.05, 0.1) is 18.9 Å². The monoisotopic (exact) mass is 427 g/mol. The maximum Gasteiger partial charge on any atom is 0.226 e. The van der Waals surface area contributed by atoms with E-state index in [0.717, 1.165) is 16.8 Å². The third kappa shape index (κ3) is 3.70. The lowest BCUT2D eigenvalue weighted by Gasteiger charge is -2.25. The van der Waals surface area contributed by atoms with Gasteiger partial charge < -0.3 is 14.8 Å². The van der Waals surface area contributed by atoms with E-state index in [9.17, 15) is 4.79 Å². The van der Waals surface area contributed by atoms with Gasteiger partial charge >= 0.3 is 0 Å². The van der Waals surface area contributed by atoms with Gasteiger partial charge in [0.25, 0.3) is 0 Å². The van der Waals surface area contributed by atoms with Crippen molar-refractivity contribution in [2.24, 2.45) is 0 Å². The van der Waals surface area contributed by atoms with E-state index in [4.69, 9.17) is 21.1 Å². The average molecular weight is 428 g/mol. The number of hydrogen-bond donors (Lipinski definition) is 1. The number of fused-ring (bicyclic) bond motifs is 1. The SMILES string of the molecule is CCOc1ccc(C2CC(=O)Nc3c2c(C)nn3-c2ccc(Cl)nn2)cc1OCC. The van der Waals surface area contributed by atoms with Crippen LogP contribution in [0.2, 0.25) is 5.15 Å². The second-order valence-electron chi connectivity index (χ2n) is 6.85. The van der Waals surface area contributed by atoms with Gasteiger partial charge in [-0.3, -0.25) is 4.79 Å². The van der Waals surface area contributed by atoms with Crippen molar-refractivity contribution < 1.29 is 14.3 Å². The maximum absolute atomic E-state index is 12.6. The van der Waals surface area contributed by atoms with Crippen LogP contribution in [0.1, 0.15) is 43.0 Å². The highest BCUT2D eigenvalue weighted by Gasteiger charge is 2.33. The van der Waals surface area contributed by atoms with Crippen LogP contribution in [0, 0.1) is 6.92 Å². The molecule has 1 aliphatic heterocycles. The van der Waals surface area contributed by atoms with Gasteiger partial charge in [-0.1, -0.05) is 17.7 Å². The van der Waals surface area contributed by atoms with Crippen molar-refractivity contribution in [3.05, 3.63) is 52.3 Å². The fraction of sp³-hybridized carbons (Fsp3) is 0.333. The zero-order valence-corrected chi connectivity index (χ0v) is 17.7. The van der Waals surface area contributed by atoms with Crippen molar-refractivity contribution in [2.45, 2.75) is 33.1 Å². The summed E-state index contributed by atoms with van der Waals surface area (Å²) < 4.78 is 13.0. The lowest BCUT2D eigenvalue weighted by Crippen LogP contribution is -2.25. The summed E-state index contributed by atoms with van der Waals surface area (Å²) in [4.78, 5) is 12.6. The third-order valence-electron chi connectivity index (χ3n) is 4.91. The summed E-state index contributed by atoms with van der Waals surface area (Å²) in [6.07, 6.45) is 0.311. The Bertz CT molecular complexity index is 1080. The van der Waals surface area contributed by atoms with Gasteiger partial charge in [-0.05, 0) is 50.6 Å². The van der Waals surface area contributed by atoms with Gasteiger partial charge in [-0.15, -0.1) is 10.2 Å². The minimum atomic E-state index is -0.169. The Morgan fingerprint density at radius 3 is 2.60 bits per heavy atom. The molecular weight excluding hydrogens is 406 g/mol. The van der Waals surface area contributed by atoms with Crippen LogP contribution in [0.25, 0.3) is 5.82 Å². The smallest absolute Gasteiger partial charge is 0.226 e. The predicted molar refractivity (Wildman–Crippen MR) is 113 cm³/mol. The van der Waals surface area contributed by atoms with Crippen LogP contribution < -0.4 is 14.8 Å². The first-order valence-electron chi connectivity index (χ1n) is 9.80. The highest BCUT2D eigenvalue weighted by atomic mass is 35.5. The predicted octanol–water partition coefficient (Wildman–Crippen LogP) is 3.90. The number of hydrogen-bond acceptors (Lipinski definition) is 6. The van der Waals surface area contributed by atoms with E-state index in [1.54, 1.807) is 16.8 Å². The number of benzene rings is 1. The standard InChI is InChI=1S/C21H22ClN5O3/c1-4-29-15-7-6-13(10-16(15)30-5-2)14-11-19(28)23-21-20(14)12(3)26-27(21)18-9-8-17(22)24-25-18/h6-10,14H,4-5,11H2,1-3H3,(H,23,28). The van der Waals surface area contributed by atoms with Crippen molar-refractivity contribution in [1.29, 1.82) is 0 Å². The van der Waals surface area contributed by atoms with Crippen molar-refractivity contribution in [3.8, 4) is 17.3 Å². The van der Waals surface area contributed by atoms with Crippen LogP contribution >= 0.6 is 11.6 Å². The number of aryl methyl sites for hydroxylation is 1. The number of carbonyl (C=O) groups is 1. The van der Waals surface area contributed by atoms with Crippen molar-refractivity contribution in [2.75, 3.05) is 18.5 Å². The normalized spacial score (nSPS) is 15.5. The highest BCUT2D eigenvalue weighted by Crippen LogP contribution is 2.42. The van der Waals surface area contributed by atoms with E-state index in [0.29, 0.717) is 42.8 Å². The number of anilines is 1. The first-order valence-corrected chi connectivity index (χ1v) is 10.2. The zero-order chi connectivity index (χ0) is 21.3. The van der Waals surface area contributed by atoms with Crippen LogP contribution in [-0.4, -0.2) is 39.1 Å². The number of aromatic nitrogens is 4. The number of halogens is 1. The molecule has 0 fully saturated rings. The molecule has 3 aromatic rings. The molecule has 0 radical (unpaired) electrons. The fourth-order valence-electron chi connectivity index (χ4n) is 3.70. The molecule has 1 amide bonds. The summed E-state index contributed by atoms with van der Waals surface area (Å²) in [5.74, 6) is 2.16. The topological polar surface area (TPSA) is 91.2 Å². The summed E-state index contributed by atoms with van der Waals surface area (Å²) >= 11 is 5.85. The Hall–Kier alpha value is -3.13. The van der Waals surface area contributed by atoms with E-state index in [2.05, 4.69) is 20.6 Å². The Morgan fingerprint density at radius 2 is 1.90 bits per heavy atom. The number of carbonyl (C=O) groups excluding carboxylic acids is 1. The van der Waals surface area contributed by atoms with Crippen molar-refractivity contribution in [1.82, 2.24) is 20.0 Å². The van der Waals surface area contributed by atoms with Crippen LogP contribution in [0.15, 0.2) is 30.3 Å². The second-order valence-corrected chi connectivity index (χ2v) is 7.24. The first-order chi connectivity index (χ1) is 14.5. The maximum atomic E-state index is 12.6. The molecular formula is C21H22ClN5O3. The van der Waals surface area contributed by atoms with E-state index >= 15 is 0 Å². The van der Waals surface area contributed by atoms with Crippen LogP contribution in [0.4, 0.5) is 5.82 Å². The lowest BCUT2D eigenvalue weighted by atomic mass is 9.85. The molecule has 9 heteroatoms. The van der Waals surface area contributed by atoms with E-state index in [-0.39, 0.29) is 17.0 Å². The molecule has 30 heavy (non-hydrogen) atoms. The lowest BCUT2D eigenvalue weighted by molar-refractivity contribution is -0.116. The molecule has 0 saturated heterocycles. The van der Waals surface area contributed by atoms with Gasteiger partial charge in [-0.25, -0.2) is 0 Å². The van der Waals surface area contributed by atoms with Gasteiger partial charge in [-0.2, -0.15) is 9.78 Å². The van der Waals surface area contributed by atoms with Crippen LogP contribution in [-0.2, 0) is 4.79 Å². The molecule has 1 atom stereocenters. The number of nitrogens with one attached hydrogen (secondary N) is 1. The Morgan fingerprint density at radius 1 is 1.13 bits per heavy atom. The number of ether oxygens (including phenoxy) is 2. The minimum Gasteiger partial charge on any atom is -0.490 e. The summed E-state index contributed by atoms with van der Waals surface area (Å²) in [5.41, 5.74) is 2.71. The van der Waals surface area contributed by atoms with Crippen LogP contribution in [0.3, 0.4) is 0 Å². The highest BCUT2D eigenvalue weighted by molar-refractivity contribution is 6.29. The molecule has 3 heterocycles. The average Bonchev–Trinajstić information content (AvgIpc) is 3.06. The van der Waals surface area contributed by atoms with Gasteiger partial charge in [0.1, 0.15) is 5.82 Å². The third-order valence-corrected chi connectivity index (χ3v) is 5.11. The fourth-order valence-corrected chi connectivity index (χ4v) is 3.80. The first kappa shape index (κ1) is 20.2. The van der Waals surface area contributed by atoms with Crippen molar-refractivity contribution in [3.63, 3.8) is 0 Å². The van der Waals surface area contributed by atoms with Gasteiger partial charge in [0, 0.05) is 17.9 Å². The Balaban J connectivity index is 1.80. The van der Waals surface area contributed by atoms with E-state index in [1.165, 1.54) is 0 Å². The van der Waals surface area contributed by atoms with Gasteiger partial charge in [0.2, 0.25) is 5.91 Å². The van der Waals surface area contributed by atoms with Crippen LogP contribution in [0.5, 0.6) is 11.5 Å².